The van der Waals surface area contributed by atoms with Crippen LogP contribution in [0.15, 0.2) is 97.1 Å². The van der Waals surface area contributed by atoms with E-state index in [1.807, 2.05) is 48.5 Å². The number of carbonyl (C=O) groups is 3. The molecule has 212 valence electrons. The summed E-state index contributed by atoms with van der Waals surface area (Å²) in [4.78, 5) is 63.9. The van der Waals surface area contributed by atoms with Gasteiger partial charge in [-0.2, -0.15) is 5.01 Å². The SMILES string of the molecule is O=C(c1ccc([N+](=O)[O-])cc1)N(Cc1ccc([N+](=O)[O-])cc1)N1C(=O)[C@@H]2C3c4ccccc4C(c4ccccc43)[C@@H]2C1=O. The van der Waals surface area contributed by atoms with E-state index in [9.17, 15) is 34.6 Å². The molecule has 11 heteroatoms. The molecule has 0 saturated carbocycles. The van der Waals surface area contributed by atoms with Crippen molar-refractivity contribution in [2.75, 3.05) is 0 Å². The zero-order valence-corrected chi connectivity index (χ0v) is 22.4. The first kappa shape index (κ1) is 26.2. The normalized spacial score (nSPS) is 21.2. The maximum Gasteiger partial charge on any atom is 0.273 e. The van der Waals surface area contributed by atoms with Crippen molar-refractivity contribution in [2.24, 2.45) is 11.8 Å². The van der Waals surface area contributed by atoms with Crippen LogP contribution in [0.4, 0.5) is 11.4 Å². The summed E-state index contributed by atoms with van der Waals surface area (Å²) in [5.41, 5.74) is 4.06. The average molecular weight is 575 g/mol. The molecule has 3 aliphatic carbocycles. The van der Waals surface area contributed by atoms with E-state index in [1.54, 1.807) is 0 Å². The van der Waals surface area contributed by atoms with Crippen LogP contribution in [-0.2, 0) is 16.1 Å². The third-order valence-corrected chi connectivity index (χ3v) is 8.71. The molecule has 1 fully saturated rings. The van der Waals surface area contributed by atoms with Crippen LogP contribution in [0.5, 0.6) is 0 Å². The van der Waals surface area contributed by atoms with Crippen LogP contribution in [-0.4, -0.2) is 37.6 Å². The summed E-state index contributed by atoms with van der Waals surface area (Å²) in [6.07, 6.45) is 0. The molecular formula is C32H22N4O7. The first-order valence-corrected chi connectivity index (χ1v) is 13.6. The van der Waals surface area contributed by atoms with E-state index in [2.05, 4.69) is 0 Å². The van der Waals surface area contributed by atoms with Crippen LogP contribution >= 0.6 is 0 Å². The van der Waals surface area contributed by atoms with Crippen LogP contribution in [0.3, 0.4) is 0 Å². The Balaban J connectivity index is 1.32. The highest BCUT2D eigenvalue weighted by Crippen LogP contribution is 2.61. The van der Waals surface area contributed by atoms with Crippen molar-refractivity contribution in [1.29, 1.82) is 0 Å². The number of carbonyl (C=O) groups excluding carboxylic acids is 3. The molecule has 4 aromatic carbocycles. The summed E-state index contributed by atoms with van der Waals surface area (Å²) in [5.74, 6) is -3.94. The zero-order chi connectivity index (χ0) is 30.0. The van der Waals surface area contributed by atoms with Gasteiger partial charge in [0.1, 0.15) is 0 Å². The molecular weight excluding hydrogens is 552 g/mol. The topological polar surface area (TPSA) is 144 Å². The Morgan fingerprint density at radius 1 is 0.651 bits per heavy atom. The van der Waals surface area contributed by atoms with Gasteiger partial charge in [0.2, 0.25) is 0 Å². The van der Waals surface area contributed by atoms with Crippen molar-refractivity contribution in [2.45, 2.75) is 18.4 Å². The number of rotatable bonds is 6. The molecule has 0 spiro atoms. The maximum absolute atomic E-state index is 14.3. The van der Waals surface area contributed by atoms with E-state index in [1.165, 1.54) is 48.5 Å². The van der Waals surface area contributed by atoms with E-state index < -0.39 is 39.4 Å². The second-order valence-corrected chi connectivity index (χ2v) is 10.8. The summed E-state index contributed by atoms with van der Waals surface area (Å²) in [7, 11) is 0. The van der Waals surface area contributed by atoms with Gasteiger partial charge < -0.3 is 0 Å². The standard InChI is InChI=1S/C32H22N4O7/c37-30(19-11-15-21(16-12-19)36(42)43)33(17-18-9-13-20(14-10-18)35(40)41)34-31(38)28-26-22-5-1-2-6-23(22)27(29(28)32(34)39)25-8-4-3-7-24(25)26/h1-16,26-29H,17H2/t26?,27?,28-,29+. The lowest BCUT2D eigenvalue weighted by atomic mass is 9.55. The van der Waals surface area contributed by atoms with Crippen LogP contribution in [0.25, 0.3) is 0 Å². The van der Waals surface area contributed by atoms with Gasteiger partial charge in [-0.15, -0.1) is 0 Å². The van der Waals surface area contributed by atoms with E-state index in [4.69, 9.17) is 0 Å². The summed E-state index contributed by atoms with van der Waals surface area (Å²) in [6, 6.07) is 26.0. The number of hydrogen-bond donors (Lipinski definition) is 0. The smallest absolute Gasteiger partial charge is 0.272 e. The largest absolute Gasteiger partial charge is 0.273 e. The van der Waals surface area contributed by atoms with Crippen LogP contribution in [0.1, 0.15) is 50.0 Å². The first-order valence-electron chi connectivity index (χ1n) is 13.6. The summed E-state index contributed by atoms with van der Waals surface area (Å²) >= 11 is 0. The van der Waals surface area contributed by atoms with Gasteiger partial charge in [0.15, 0.2) is 0 Å². The fourth-order valence-corrected chi connectivity index (χ4v) is 6.90. The molecule has 0 aromatic heterocycles. The molecule has 43 heavy (non-hydrogen) atoms. The molecule has 2 atom stereocenters. The van der Waals surface area contributed by atoms with Gasteiger partial charge in [-0.05, 0) is 39.9 Å². The Bertz CT molecular complexity index is 1740. The molecule has 2 bridgehead atoms. The molecule has 0 radical (unpaired) electrons. The highest BCUT2D eigenvalue weighted by molar-refractivity contribution is 6.09. The van der Waals surface area contributed by atoms with Crippen molar-refractivity contribution in [3.8, 4) is 0 Å². The fraction of sp³-hybridized carbons (Fsp3) is 0.156. The van der Waals surface area contributed by atoms with E-state index in [0.717, 1.165) is 32.3 Å². The number of imide groups is 1. The maximum atomic E-state index is 14.3. The van der Waals surface area contributed by atoms with Gasteiger partial charge in [-0.25, -0.2) is 5.01 Å². The summed E-state index contributed by atoms with van der Waals surface area (Å²) in [6.45, 7) is -0.236. The molecule has 1 saturated heterocycles. The lowest BCUT2D eigenvalue weighted by Gasteiger charge is -2.45. The number of amides is 3. The molecule has 0 N–H and O–H groups in total. The molecule has 1 aliphatic heterocycles. The Morgan fingerprint density at radius 2 is 1.05 bits per heavy atom. The van der Waals surface area contributed by atoms with Crippen LogP contribution in [0.2, 0.25) is 0 Å². The molecule has 4 aliphatic rings. The van der Waals surface area contributed by atoms with Gasteiger partial charge in [0.25, 0.3) is 29.1 Å². The zero-order valence-electron chi connectivity index (χ0n) is 22.4. The van der Waals surface area contributed by atoms with Crippen molar-refractivity contribution in [3.05, 3.63) is 151 Å². The summed E-state index contributed by atoms with van der Waals surface area (Å²) in [5, 5.41) is 24.4. The van der Waals surface area contributed by atoms with Gasteiger partial charge in [0.05, 0.1) is 28.2 Å². The minimum absolute atomic E-state index is 0.0394. The third-order valence-electron chi connectivity index (χ3n) is 8.71. The first-order chi connectivity index (χ1) is 20.8. The number of nitrogens with zero attached hydrogens (tertiary/aromatic N) is 4. The third kappa shape index (κ3) is 3.92. The Hall–Kier alpha value is -5.71. The molecule has 8 rings (SSSR count). The monoisotopic (exact) mass is 574 g/mol. The quantitative estimate of drug-likeness (QED) is 0.180. The fourth-order valence-electron chi connectivity index (χ4n) is 6.90. The number of nitro groups is 2. The summed E-state index contributed by atoms with van der Waals surface area (Å²) < 4.78 is 0. The molecule has 3 amide bonds. The van der Waals surface area contributed by atoms with E-state index in [-0.39, 0.29) is 35.3 Å². The van der Waals surface area contributed by atoms with Crippen molar-refractivity contribution in [1.82, 2.24) is 10.0 Å². The highest BCUT2D eigenvalue weighted by Gasteiger charge is 2.63. The van der Waals surface area contributed by atoms with Crippen LogP contribution < -0.4 is 0 Å². The van der Waals surface area contributed by atoms with E-state index >= 15 is 0 Å². The minimum atomic E-state index is -0.730. The number of hydrogen-bond acceptors (Lipinski definition) is 7. The highest BCUT2D eigenvalue weighted by atomic mass is 16.6. The van der Waals surface area contributed by atoms with Gasteiger partial charge >= 0.3 is 0 Å². The van der Waals surface area contributed by atoms with E-state index in [0.29, 0.717) is 5.56 Å². The number of hydrazine groups is 1. The second kappa shape index (κ2) is 9.69. The number of non-ortho nitro benzene ring substituents is 2. The molecule has 4 aromatic rings. The average Bonchev–Trinajstić information content (AvgIpc) is 3.29. The predicted octanol–water partition coefficient (Wildman–Crippen LogP) is 4.95. The number of benzene rings is 4. The van der Waals surface area contributed by atoms with Gasteiger partial charge in [-0.1, -0.05) is 60.7 Å². The predicted molar refractivity (Wildman–Crippen MR) is 151 cm³/mol. The van der Waals surface area contributed by atoms with Crippen molar-refractivity contribution >= 4 is 29.1 Å². The Morgan fingerprint density at radius 3 is 1.44 bits per heavy atom. The molecule has 1 heterocycles. The molecule has 11 nitrogen and oxygen atoms in total. The van der Waals surface area contributed by atoms with Gasteiger partial charge in [-0.3, -0.25) is 34.6 Å². The lowest BCUT2D eigenvalue weighted by Crippen LogP contribution is -2.50. The Kier molecular flexibility index (Phi) is 5.91. The van der Waals surface area contributed by atoms with Crippen molar-refractivity contribution in [3.63, 3.8) is 0 Å². The second-order valence-electron chi connectivity index (χ2n) is 10.8. The van der Waals surface area contributed by atoms with Crippen molar-refractivity contribution < 1.29 is 24.2 Å². The lowest BCUT2D eigenvalue weighted by molar-refractivity contribution is -0.385. The minimum Gasteiger partial charge on any atom is -0.272 e. The van der Waals surface area contributed by atoms with Gasteiger partial charge in [0, 0.05) is 41.7 Å². The number of nitro benzene ring substituents is 2. The Labute approximate surface area is 244 Å². The van der Waals surface area contributed by atoms with Crippen LogP contribution in [0, 0.1) is 32.1 Å². The molecule has 0 unspecified atom stereocenters.